The Kier molecular flexibility index (Phi) is 4.04. The standard InChI is InChI=1S/C20H16BrN3O2/c21-15-5-9-16(10-6-15)23-18(25)20(11-1-2-12-20)24(19(23)26)17-7-3-14(13-22)4-8-17/h3-10H,1-2,11-12H2. The first-order valence-corrected chi connectivity index (χ1v) is 9.31. The number of carbonyl (C=O) groups excluding carboxylic acids is 2. The minimum atomic E-state index is -0.821. The van der Waals surface area contributed by atoms with Gasteiger partial charge in [-0.3, -0.25) is 9.69 Å². The van der Waals surface area contributed by atoms with Gasteiger partial charge < -0.3 is 0 Å². The number of nitriles is 1. The lowest BCUT2D eigenvalue weighted by molar-refractivity contribution is -0.121. The minimum Gasteiger partial charge on any atom is -0.278 e. The Hall–Kier alpha value is -2.65. The Morgan fingerprint density at radius 2 is 1.50 bits per heavy atom. The summed E-state index contributed by atoms with van der Waals surface area (Å²) in [5, 5.41) is 9.01. The van der Waals surface area contributed by atoms with Gasteiger partial charge in [-0.15, -0.1) is 0 Å². The Morgan fingerprint density at radius 1 is 0.923 bits per heavy atom. The smallest absolute Gasteiger partial charge is 0.278 e. The number of urea groups is 1. The second-order valence-electron chi connectivity index (χ2n) is 6.63. The van der Waals surface area contributed by atoms with Crippen LogP contribution < -0.4 is 9.80 Å². The topological polar surface area (TPSA) is 64.4 Å². The molecule has 0 unspecified atom stereocenters. The highest BCUT2D eigenvalue weighted by Crippen LogP contribution is 2.45. The van der Waals surface area contributed by atoms with Crippen molar-refractivity contribution >= 4 is 39.2 Å². The summed E-state index contributed by atoms with van der Waals surface area (Å²) in [6.07, 6.45) is 3.15. The van der Waals surface area contributed by atoms with Gasteiger partial charge in [0.25, 0.3) is 5.91 Å². The van der Waals surface area contributed by atoms with Crippen molar-refractivity contribution in [3.8, 4) is 6.07 Å². The van der Waals surface area contributed by atoms with Crippen LogP contribution in [0.25, 0.3) is 0 Å². The van der Waals surface area contributed by atoms with Crippen molar-refractivity contribution in [2.24, 2.45) is 0 Å². The van der Waals surface area contributed by atoms with Crippen molar-refractivity contribution in [1.29, 1.82) is 5.26 Å². The molecule has 0 radical (unpaired) electrons. The summed E-state index contributed by atoms with van der Waals surface area (Å²) in [4.78, 5) is 29.5. The number of rotatable bonds is 2. The number of hydrogen-bond acceptors (Lipinski definition) is 3. The quantitative estimate of drug-likeness (QED) is 0.680. The molecular weight excluding hydrogens is 394 g/mol. The molecule has 0 aromatic heterocycles. The Bertz CT molecular complexity index is 910. The molecule has 26 heavy (non-hydrogen) atoms. The zero-order chi connectivity index (χ0) is 18.3. The van der Waals surface area contributed by atoms with E-state index in [2.05, 4.69) is 22.0 Å². The van der Waals surface area contributed by atoms with Gasteiger partial charge in [0.1, 0.15) is 5.54 Å². The lowest BCUT2D eigenvalue weighted by Crippen LogP contribution is -2.47. The largest absolute Gasteiger partial charge is 0.336 e. The summed E-state index contributed by atoms with van der Waals surface area (Å²) >= 11 is 3.38. The number of nitrogens with zero attached hydrogens (tertiary/aromatic N) is 3. The number of carbonyl (C=O) groups is 2. The van der Waals surface area contributed by atoms with Gasteiger partial charge in [-0.25, -0.2) is 9.69 Å². The highest BCUT2D eigenvalue weighted by molar-refractivity contribution is 9.10. The van der Waals surface area contributed by atoms with Crippen LogP contribution in [0.3, 0.4) is 0 Å². The van der Waals surface area contributed by atoms with Gasteiger partial charge in [0.15, 0.2) is 0 Å². The molecule has 2 aromatic carbocycles. The molecule has 2 fully saturated rings. The van der Waals surface area contributed by atoms with Crippen LogP contribution in [0.5, 0.6) is 0 Å². The number of hydrogen-bond donors (Lipinski definition) is 0. The first kappa shape index (κ1) is 16.8. The van der Waals surface area contributed by atoms with Crippen LogP contribution >= 0.6 is 15.9 Å². The van der Waals surface area contributed by atoms with Gasteiger partial charge in [0.2, 0.25) is 0 Å². The maximum absolute atomic E-state index is 13.3. The second-order valence-corrected chi connectivity index (χ2v) is 7.55. The van der Waals surface area contributed by atoms with E-state index in [1.165, 1.54) is 4.90 Å². The van der Waals surface area contributed by atoms with E-state index in [1.54, 1.807) is 41.3 Å². The van der Waals surface area contributed by atoms with Crippen LogP contribution in [0.15, 0.2) is 53.0 Å². The lowest BCUT2D eigenvalue weighted by Gasteiger charge is -2.31. The van der Waals surface area contributed by atoms with Crippen molar-refractivity contribution < 1.29 is 9.59 Å². The number of amides is 3. The summed E-state index contributed by atoms with van der Waals surface area (Å²) in [6.45, 7) is 0. The average molecular weight is 410 g/mol. The zero-order valence-corrected chi connectivity index (χ0v) is 15.6. The van der Waals surface area contributed by atoms with E-state index in [4.69, 9.17) is 5.26 Å². The van der Waals surface area contributed by atoms with E-state index in [-0.39, 0.29) is 11.9 Å². The SMILES string of the molecule is N#Cc1ccc(N2C(=O)N(c3ccc(Br)cc3)C(=O)C23CCCC3)cc1. The molecule has 2 aliphatic rings. The summed E-state index contributed by atoms with van der Waals surface area (Å²) < 4.78 is 0.889. The van der Waals surface area contributed by atoms with E-state index < -0.39 is 5.54 Å². The average Bonchev–Trinajstić information content (AvgIpc) is 3.22. The first-order chi connectivity index (χ1) is 12.6. The maximum Gasteiger partial charge on any atom is 0.336 e. The fourth-order valence-electron chi connectivity index (χ4n) is 3.93. The Balaban J connectivity index is 1.81. The highest BCUT2D eigenvalue weighted by atomic mass is 79.9. The van der Waals surface area contributed by atoms with Gasteiger partial charge in [-0.1, -0.05) is 28.8 Å². The predicted octanol–water partition coefficient (Wildman–Crippen LogP) is 4.61. The molecule has 1 aliphatic heterocycles. The Labute approximate surface area is 159 Å². The zero-order valence-electron chi connectivity index (χ0n) is 14.0. The highest BCUT2D eigenvalue weighted by Gasteiger charge is 2.59. The molecule has 130 valence electrons. The molecule has 1 saturated heterocycles. The van der Waals surface area contributed by atoms with Crippen molar-refractivity contribution in [1.82, 2.24) is 0 Å². The lowest BCUT2D eigenvalue weighted by atomic mass is 9.94. The Morgan fingerprint density at radius 3 is 2.08 bits per heavy atom. The molecule has 2 aromatic rings. The van der Waals surface area contributed by atoms with Gasteiger partial charge in [0, 0.05) is 10.2 Å². The van der Waals surface area contributed by atoms with Crippen LogP contribution in [0.4, 0.5) is 16.2 Å². The number of halogens is 1. The van der Waals surface area contributed by atoms with E-state index in [0.29, 0.717) is 29.8 Å². The van der Waals surface area contributed by atoms with Gasteiger partial charge in [-0.05, 0) is 61.4 Å². The maximum atomic E-state index is 13.3. The molecule has 1 spiro atoms. The molecule has 4 rings (SSSR count). The molecule has 0 bridgehead atoms. The van der Waals surface area contributed by atoms with Gasteiger partial charge in [0.05, 0.1) is 17.3 Å². The molecule has 1 saturated carbocycles. The van der Waals surface area contributed by atoms with Crippen molar-refractivity contribution in [3.05, 3.63) is 58.6 Å². The predicted molar refractivity (Wildman–Crippen MR) is 102 cm³/mol. The van der Waals surface area contributed by atoms with E-state index in [1.807, 2.05) is 12.1 Å². The summed E-state index contributed by atoms with van der Waals surface area (Å²) in [7, 11) is 0. The van der Waals surface area contributed by atoms with Crippen molar-refractivity contribution in [2.45, 2.75) is 31.2 Å². The molecule has 1 aliphatic carbocycles. The third-order valence-corrected chi connectivity index (χ3v) is 5.71. The van der Waals surface area contributed by atoms with E-state index in [9.17, 15) is 9.59 Å². The summed E-state index contributed by atoms with van der Waals surface area (Å²) in [5.74, 6) is -0.160. The molecule has 6 heteroatoms. The second kappa shape index (κ2) is 6.26. The van der Waals surface area contributed by atoms with Crippen LogP contribution in [0.2, 0.25) is 0 Å². The van der Waals surface area contributed by atoms with Crippen LogP contribution in [0.1, 0.15) is 31.2 Å². The number of benzene rings is 2. The molecule has 0 N–H and O–H groups in total. The van der Waals surface area contributed by atoms with Gasteiger partial charge in [-0.2, -0.15) is 5.26 Å². The van der Waals surface area contributed by atoms with Crippen LogP contribution in [0, 0.1) is 11.3 Å². The summed E-state index contributed by atoms with van der Waals surface area (Å²) in [5.41, 5.74) is 0.935. The first-order valence-electron chi connectivity index (χ1n) is 8.51. The normalized spacial score (nSPS) is 18.6. The van der Waals surface area contributed by atoms with Crippen molar-refractivity contribution in [2.75, 3.05) is 9.80 Å². The number of imide groups is 1. The molecule has 1 heterocycles. The minimum absolute atomic E-state index is 0.160. The third-order valence-electron chi connectivity index (χ3n) is 5.18. The van der Waals surface area contributed by atoms with Crippen LogP contribution in [-0.2, 0) is 4.79 Å². The molecule has 3 amide bonds. The molecule has 5 nitrogen and oxygen atoms in total. The fourth-order valence-corrected chi connectivity index (χ4v) is 4.20. The van der Waals surface area contributed by atoms with E-state index >= 15 is 0 Å². The van der Waals surface area contributed by atoms with Crippen molar-refractivity contribution in [3.63, 3.8) is 0 Å². The van der Waals surface area contributed by atoms with E-state index in [0.717, 1.165) is 17.3 Å². The monoisotopic (exact) mass is 409 g/mol. The summed E-state index contributed by atoms with van der Waals surface area (Å²) in [6, 6.07) is 15.8. The van der Waals surface area contributed by atoms with Gasteiger partial charge >= 0.3 is 6.03 Å². The molecule has 0 atom stereocenters. The van der Waals surface area contributed by atoms with Crippen LogP contribution in [-0.4, -0.2) is 17.5 Å². The molecular formula is C20H16BrN3O2. The fraction of sp³-hybridized carbons (Fsp3) is 0.250. The third kappa shape index (κ3) is 2.43. The number of anilines is 2.